The van der Waals surface area contributed by atoms with Gasteiger partial charge in [0.1, 0.15) is 0 Å². The smallest absolute Gasteiger partial charge is 0.0639 e. The second-order valence-corrected chi connectivity index (χ2v) is 6.62. The Hall–Kier alpha value is -0.220. The Balaban J connectivity index is 0.000000141. The number of halogens is 1. The van der Waals surface area contributed by atoms with Crippen molar-refractivity contribution >= 4 is 23.4 Å². The van der Waals surface area contributed by atoms with Crippen LogP contribution in [0.15, 0.2) is 23.1 Å². The molecule has 106 valence electrons. The number of likely N-dealkylation sites (tertiary alicyclic amines) is 1. The van der Waals surface area contributed by atoms with Crippen molar-refractivity contribution in [3.05, 3.63) is 28.8 Å². The summed E-state index contributed by atoms with van der Waals surface area (Å²) in [5, 5.41) is 10.0. The monoisotopic (exact) mass is 299 g/mol. The molecule has 2 heterocycles. The van der Waals surface area contributed by atoms with Gasteiger partial charge in [-0.15, -0.1) is 11.8 Å². The summed E-state index contributed by atoms with van der Waals surface area (Å²) >= 11 is 7.73. The van der Waals surface area contributed by atoms with Crippen molar-refractivity contribution in [1.82, 2.24) is 4.90 Å². The van der Waals surface area contributed by atoms with Gasteiger partial charge in [-0.05, 0) is 44.5 Å². The van der Waals surface area contributed by atoms with Crippen LogP contribution in [-0.2, 0) is 5.75 Å². The van der Waals surface area contributed by atoms with Gasteiger partial charge in [0.15, 0.2) is 0 Å². The number of fused-ring (bicyclic) bond motifs is 2. The second kappa shape index (κ2) is 7.53. The minimum Gasteiger partial charge on any atom is -0.392 e. The third-order valence-corrected chi connectivity index (χ3v) is 5.06. The third kappa shape index (κ3) is 4.67. The number of aliphatic hydroxyl groups is 1. The first-order valence-electron chi connectivity index (χ1n) is 6.97. The van der Waals surface area contributed by atoms with E-state index in [2.05, 4.69) is 23.1 Å². The Bertz CT molecular complexity index is 383. The van der Waals surface area contributed by atoms with Gasteiger partial charge in [-0.25, -0.2) is 0 Å². The lowest BCUT2D eigenvalue weighted by Crippen LogP contribution is -2.35. The minimum absolute atomic E-state index is 0.155. The molecule has 1 atom stereocenters. The van der Waals surface area contributed by atoms with E-state index in [4.69, 9.17) is 16.7 Å². The molecule has 2 nitrogen and oxygen atoms in total. The molecule has 2 bridgehead atoms. The Morgan fingerprint density at radius 2 is 2.05 bits per heavy atom. The van der Waals surface area contributed by atoms with Gasteiger partial charge in [-0.3, -0.25) is 0 Å². The predicted molar refractivity (Wildman–Crippen MR) is 83.0 cm³/mol. The van der Waals surface area contributed by atoms with Gasteiger partial charge in [0.25, 0.3) is 0 Å². The van der Waals surface area contributed by atoms with Crippen molar-refractivity contribution in [2.24, 2.45) is 0 Å². The van der Waals surface area contributed by atoms with E-state index in [-0.39, 0.29) is 6.10 Å². The lowest BCUT2D eigenvalue weighted by Gasteiger charge is -2.27. The van der Waals surface area contributed by atoms with Crippen LogP contribution in [0.3, 0.4) is 0 Å². The average Bonchev–Trinajstić information content (AvgIpc) is 2.63. The first-order chi connectivity index (χ1) is 9.16. The zero-order valence-electron chi connectivity index (χ0n) is 11.4. The number of thioether (sulfide) groups is 1. The Morgan fingerprint density at radius 3 is 2.63 bits per heavy atom. The maximum absolute atomic E-state index is 9.06. The first-order valence-corrected chi connectivity index (χ1v) is 8.34. The summed E-state index contributed by atoms with van der Waals surface area (Å²) in [7, 11) is 0. The Morgan fingerprint density at radius 1 is 1.32 bits per heavy atom. The van der Waals surface area contributed by atoms with Crippen molar-refractivity contribution < 1.29 is 5.11 Å². The van der Waals surface area contributed by atoms with E-state index in [1.807, 2.05) is 18.7 Å². The molecule has 0 radical (unpaired) electrons. The largest absolute Gasteiger partial charge is 0.392 e. The number of benzene rings is 1. The third-order valence-electron chi connectivity index (χ3n) is 3.40. The number of hydrogen-bond donors (Lipinski definition) is 1. The molecule has 1 N–H and O–H groups in total. The summed E-state index contributed by atoms with van der Waals surface area (Å²) in [6, 6.07) is 6.19. The molecule has 1 fully saturated rings. The van der Waals surface area contributed by atoms with Gasteiger partial charge in [0, 0.05) is 17.2 Å². The van der Waals surface area contributed by atoms with Gasteiger partial charge < -0.3 is 10.0 Å². The van der Waals surface area contributed by atoms with Crippen LogP contribution in [0.5, 0.6) is 0 Å². The van der Waals surface area contributed by atoms with Crippen molar-refractivity contribution in [2.75, 3.05) is 19.6 Å². The molecule has 0 amide bonds. The van der Waals surface area contributed by atoms with Crippen molar-refractivity contribution in [1.29, 1.82) is 0 Å². The molecule has 19 heavy (non-hydrogen) atoms. The summed E-state index contributed by atoms with van der Waals surface area (Å²) < 4.78 is 0. The molecule has 1 saturated heterocycles. The molecule has 0 saturated carbocycles. The van der Waals surface area contributed by atoms with Gasteiger partial charge in [0.05, 0.1) is 11.1 Å². The van der Waals surface area contributed by atoms with E-state index in [1.54, 1.807) is 0 Å². The molecular weight excluding hydrogens is 278 g/mol. The summed E-state index contributed by atoms with van der Waals surface area (Å²) in [4.78, 5) is 3.57. The number of β-amino-alcohol motifs (C(OH)–C–C–N with tert-alkyl or cyclic N) is 1. The Kier molecular flexibility index (Phi) is 6.02. The van der Waals surface area contributed by atoms with E-state index in [0.717, 1.165) is 17.3 Å². The zero-order chi connectivity index (χ0) is 13.7. The number of nitrogens with zero attached hydrogens (tertiary/aromatic N) is 1. The van der Waals surface area contributed by atoms with E-state index in [1.165, 1.54) is 42.8 Å². The standard InChI is InChI=1S/C8H17NO.C7H5ClS/c1-8(10)7-9-5-3-2-4-6-9;8-7-5-2-1-3-6(7)9-4-5/h8,10H,2-7H2,1H3;1-3H,4H2. The normalized spacial score (nSPS) is 19.7. The molecule has 0 aliphatic carbocycles. The van der Waals surface area contributed by atoms with E-state index in [9.17, 15) is 0 Å². The Labute approximate surface area is 125 Å². The maximum atomic E-state index is 9.06. The van der Waals surface area contributed by atoms with Crippen LogP contribution in [0, 0.1) is 0 Å². The number of hydrogen-bond acceptors (Lipinski definition) is 3. The van der Waals surface area contributed by atoms with Crippen LogP contribution in [0.25, 0.3) is 0 Å². The highest BCUT2D eigenvalue weighted by atomic mass is 35.5. The molecule has 3 rings (SSSR count). The minimum atomic E-state index is -0.155. The lowest BCUT2D eigenvalue weighted by molar-refractivity contribution is 0.114. The van der Waals surface area contributed by atoms with Gasteiger partial charge >= 0.3 is 0 Å². The molecule has 4 heteroatoms. The highest BCUT2D eigenvalue weighted by Crippen LogP contribution is 2.39. The van der Waals surface area contributed by atoms with Gasteiger partial charge in [-0.1, -0.05) is 30.2 Å². The maximum Gasteiger partial charge on any atom is 0.0639 e. The highest BCUT2D eigenvalue weighted by molar-refractivity contribution is 7.99. The molecule has 2 aliphatic rings. The second-order valence-electron chi connectivity index (χ2n) is 5.23. The topological polar surface area (TPSA) is 23.5 Å². The molecule has 2 aliphatic heterocycles. The summed E-state index contributed by atoms with van der Waals surface area (Å²) in [6.45, 7) is 5.09. The van der Waals surface area contributed by atoms with E-state index >= 15 is 0 Å². The average molecular weight is 300 g/mol. The van der Waals surface area contributed by atoms with E-state index in [0.29, 0.717) is 0 Å². The molecule has 0 spiro atoms. The molecule has 1 aromatic carbocycles. The van der Waals surface area contributed by atoms with E-state index < -0.39 is 0 Å². The number of aliphatic hydroxyl groups excluding tert-OH is 1. The van der Waals surface area contributed by atoms with Gasteiger partial charge in [0.2, 0.25) is 0 Å². The fourth-order valence-electron chi connectivity index (χ4n) is 2.45. The molecular formula is C15H22ClNOS. The SMILES string of the molecule is CC(O)CN1CCCCC1.Clc1c2cccc1SC2. The van der Waals surface area contributed by atoms with Crippen LogP contribution >= 0.6 is 23.4 Å². The van der Waals surface area contributed by atoms with Crippen LogP contribution in [0.4, 0.5) is 0 Å². The molecule has 1 unspecified atom stereocenters. The lowest BCUT2D eigenvalue weighted by atomic mass is 10.1. The quantitative estimate of drug-likeness (QED) is 0.898. The van der Waals surface area contributed by atoms with Crippen LogP contribution in [0.2, 0.25) is 5.02 Å². The zero-order valence-corrected chi connectivity index (χ0v) is 13.0. The van der Waals surface area contributed by atoms with Crippen molar-refractivity contribution in [3.63, 3.8) is 0 Å². The van der Waals surface area contributed by atoms with Crippen LogP contribution in [-0.4, -0.2) is 35.7 Å². The summed E-state index contributed by atoms with van der Waals surface area (Å²) in [5.41, 5.74) is 1.28. The van der Waals surface area contributed by atoms with Gasteiger partial charge in [-0.2, -0.15) is 0 Å². The fraction of sp³-hybridized carbons (Fsp3) is 0.600. The first kappa shape index (κ1) is 15.2. The molecule has 0 aromatic heterocycles. The highest BCUT2D eigenvalue weighted by Gasteiger charge is 2.13. The number of rotatable bonds is 2. The van der Waals surface area contributed by atoms with Crippen LogP contribution in [0.1, 0.15) is 31.7 Å². The predicted octanol–water partition coefficient (Wildman–Crippen LogP) is 3.80. The fourth-order valence-corrected chi connectivity index (χ4v) is 3.87. The van der Waals surface area contributed by atoms with Crippen molar-refractivity contribution in [3.8, 4) is 0 Å². The van der Waals surface area contributed by atoms with Crippen molar-refractivity contribution in [2.45, 2.75) is 42.9 Å². The molecule has 1 aromatic rings. The summed E-state index contributed by atoms with van der Waals surface area (Å²) in [6.07, 6.45) is 3.84. The van der Waals surface area contributed by atoms with Crippen LogP contribution < -0.4 is 0 Å². The summed E-state index contributed by atoms with van der Waals surface area (Å²) in [5.74, 6) is 1.06. The number of piperidine rings is 1.